The van der Waals surface area contributed by atoms with Crippen molar-refractivity contribution in [1.82, 2.24) is 5.43 Å². The molecule has 1 N–H and O–H groups in total. The summed E-state index contributed by atoms with van der Waals surface area (Å²) in [4.78, 5) is 11.6. The maximum Gasteiger partial charge on any atom is 0.416 e. The summed E-state index contributed by atoms with van der Waals surface area (Å²) in [6, 6.07) is 8.42. The molecule has 132 valence electrons. The molecule has 0 unspecified atom stereocenters. The van der Waals surface area contributed by atoms with Gasteiger partial charge in [-0.1, -0.05) is 23.7 Å². The SMILES string of the molecule is O=C(COc1ccccc1Cl)N/N=C/c1cc(F)cc(C(F)(F)F)c1. The molecular formula is C16H11ClF4N2O2. The van der Waals surface area contributed by atoms with Gasteiger partial charge in [-0.2, -0.15) is 18.3 Å². The summed E-state index contributed by atoms with van der Waals surface area (Å²) in [5.74, 6) is -1.43. The van der Waals surface area contributed by atoms with Crippen LogP contribution in [0.3, 0.4) is 0 Å². The molecule has 4 nitrogen and oxygen atoms in total. The van der Waals surface area contributed by atoms with Crippen molar-refractivity contribution in [2.45, 2.75) is 6.18 Å². The lowest BCUT2D eigenvalue weighted by atomic mass is 10.1. The third-order valence-electron chi connectivity index (χ3n) is 2.85. The van der Waals surface area contributed by atoms with Gasteiger partial charge in [0, 0.05) is 0 Å². The first-order valence-electron chi connectivity index (χ1n) is 6.83. The number of hydrogen-bond donors (Lipinski definition) is 1. The Morgan fingerprint density at radius 3 is 2.64 bits per heavy atom. The van der Waals surface area contributed by atoms with Crippen LogP contribution in [-0.2, 0) is 11.0 Å². The summed E-state index contributed by atoms with van der Waals surface area (Å²) in [6.07, 6.45) is -3.79. The van der Waals surface area contributed by atoms with Gasteiger partial charge in [0.05, 0.1) is 16.8 Å². The molecule has 9 heteroatoms. The lowest BCUT2D eigenvalue weighted by Gasteiger charge is -2.07. The Morgan fingerprint density at radius 2 is 1.96 bits per heavy atom. The average molecular weight is 375 g/mol. The minimum absolute atomic E-state index is 0.153. The van der Waals surface area contributed by atoms with Crippen LogP contribution in [0, 0.1) is 5.82 Å². The maximum absolute atomic E-state index is 13.2. The largest absolute Gasteiger partial charge is 0.482 e. The molecule has 2 aromatic rings. The van der Waals surface area contributed by atoms with E-state index in [1.54, 1.807) is 24.3 Å². The van der Waals surface area contributed by atoms with E-state index in [1.165, 1.54) is 0 Å². The summed E-state index contributed by atoms with van der Waals surface area (Å²) in [6.45, 7) is -0.405. The average Bonchev–Trinajstić information content (AvgIpc) is 2.53. The van der Waals surface area contributed by atoms with E-state index in [0.717, 1.165) is 12.3 Å². The predicted octanol–water partition coefficient (Wildman–Crippen LogP) is 4.03. The number of benzene rings is 2. The number of hydrogen-bond acceptors (Lipinski definition) is 3. The molecule has 0 aliphatic carbocycles. The molecule has 1 amide bonds. The van der Waals surface area contributed by atoms with Crippen LogP contribution in [0.2, 0.25) is 5.02 Å². The second kappa shape index (κ2) is 7.98. The van der Waals surface area contributed by atoms with E-state index in [4.69, 9.17) is 16.3 Å². The van der Waals surface area contributed by atoms with Gasteiger partial charge in [-0.15, -0.1) is 0 Å². The van der Waals surface area contributed by atoms with Crippen molar-refractivity contribution in [2.75, 3.05) is 6.61 Å². The Bertz CT molecular complexity index is 794. The minimum atomic E-state index is -4.68. The van der Waals surface area contributed by atoms with Crippen LogP contribution in [0.15, 0.2) is 47.6 Å². The number of nitrogens with one attached hydrogen (secondary N) is 1. The van der Waals surface area contributed by atoms with Crippen LogP contribution >= 0.6 is 11.6 Å². The molecule has 0 spiro atoms. The maximum atomic E-state index is 13.2. The van der Waals surface area contributed by atoms with Crippen LogP contribution < -0.4 is 10.2 Å². The number of ether oxygens (including phenoxy) is 1. The van der Waals surface area contributed by atoms with Gasteiger partial charge < -0.3 is 4.74 Å². The summed E-state index contributed by atoms with van der Waals surface area (Å²) in [7, 11) is 0. The molecule has 0 aromatic heterocycles. The number of hydrazone groups is 1. The zero-order chi connectivity index (χ0) is 18.4. The first-order chi connectivity index (χ1) is 11.8. The summed E-state index contributed by atoms with van der Waals surface area (Å²) >= 11 is 5.84. The van der Waals surface area contributed by atoms with Gasteiger partial charge in [0.15, 0.2) is 6.61 Å². The van der Waals surface area contributed by atoms with E-state index >= 15 is 0 Å². The smallest absolute Gasteiger partial charge is 0.416 e. The number of para-hydroxylation sites is 1. The van der Waals surface area contributed by atoms with Crippen LogP contribution in [0.1, 0.15) is 11.1 Å². The van der Waals surface area contributed by atoms with Gasteiger partial charge in [-0.3, -0.25) is 4.79 Å². The highest BCUT2D eigenvalue weighted by molar-refractivity contribution is 6.32. The Kier molecular flexibility index (Phi) is 5.97. The van der Waals surface area contributed by atoms with E-state index < -0.39 is 30.1 Å². The highest BCUT2D eigenvalue weighted by Gasteiger charge is 2.31. The van der Waals surface area contributed by atoms with Crippen molar-refractivity contribution in [1.29, 1.82) is 0 Å². The van der Waals surface area contributed by atoms with Gasteiger partial charge in [-0.25, -0.2) is 9.82 Å². The fourth-order valence-electron chi connectivity index (χ4n) is 1.77. The number of carbonyl (C=O) groups excluding carboxylic acids is 1. The number of rotatable bonds is 5. The van der Waals surface area contributed by atoms with E-state index in [9.17, 15) is 22.4 Å². The van der Waals surface area contributed by atoms with E-state index in [-0.39, 0.29) is 5.56 Å². The Hall–Kier alpha value is -2.61. The molecule has 2 rings (SSSR count). The van der Waals surface area contributed by atoms with E-state index in [0.29, 0.717) is 22.9 Å². The van der Waals surface area contributed by atoms with Gasteiger partial charge in [-0.05, 0) is 35.9 Å². The molecule has 2 aromatic carbocycles. The molecule has 0 aliphatic heterocycles. The molecule has 0 radical (unpaired) electrons. The quantitative estimate of drug-likeness (QED) is 0.488. The summed E-state index contributed by atoms with van der Waals surface area (Å²) < 4.78 is 56.1. The Balaban J connectivity index is 1.93. The summed E-state index contributed by atoms with van der Waals surface area (Å²) in [5, 5.41) is 3.79. The van der Waals surface area contributed by atoms with Crippen molar-refractivity contribution < 1.29 is 27.1 Å². The predicted molar refractivity (Wildman–Crippen MR) is 84.1 cm³/mol. The fourth-order valence-corrected chi connectivity index (χ4v) is 1.96. The lowest BCUT2D eigenvalue weighted by Crippen LogP contribution is -2.24. The van der Waals surface area contributed by atoms with Crippen molar-refractivity contribution in [3.05, 3.63) is 64.4 Å². The number of amides is 1. The van der Waals surface area contributed by atoms with Crippen molar-refractivity contribution in [3.8, 4) is 5.75 Å². The van der Waals surface area contributed by atoms with E-state index in [1.807, 2.05) is 0 Å². The minimum Gasteiger partial charge on any atom is -0.482 e. The third kappa shape index (κ3) is 5.75. The second-order valence-corrected chi connectivity index (χ2v) is 5.19. The topological polar surface area (TPSA) is 50.7 Å². The molecule has 0 bridgehead atoms. The zero-order valence-corrected chi connectivity index (χ0v) is 13.2. The molecule has 0 atom stereocenters. The normalized spacial score (nSPS) is 11.6. The fraction of sp³-hybridized carbons (Fsp3) is 0.125. The zero-order valence-electron chi connectivity index (χ0n) is 12.5. The van der Waals surface area contributed by atoms with Crippen molar-refractivity contribution >= 4 is 23.7 Å². The molecule has 0 heterocycles. The monoisotopic (exact) mass is 374 g/mol. The van der Waals surface area contributed by atoms with Gasteiger partial charge >= 0.3 is 6.18 Å². The molecular weight excluding hydrogens is 364 g/mol. The number of alkyl halides is 3. The molecule has 0 saturated carbocycles. The molecule has 0 aliphatic rings. The Morgan fingerprint density at radius 1 is 1.24 bits per heavy atom. The molecule has 0 saturated heterocycles. The van der Waals surface area contributed by atoms with Gasteiger partial charge in [0.2, 0.25) is 0 Å². The van der Waals surface area contributed by atoms with Crippen molar-refractivity contribution in [3.63, 3.8) is 0 Å². The highest BCUT2D eigenvalue weighted by atomic mass is 35.5. The first-order valence-corrected chi connectivity index (χ1v) is 7.20. The molecule has 0 fully saturated rings. The first kappa shape index (κ1) is 18.7. The van der Waals surface area contributed by atoms with Crippen LogP contribution in [0.25, 0.3) is 0 Å². The highest BCUT2D eigenvalue weighted by Crippen LogP contribution is 2.30. The second-order valence-electron chi connectivity index (χ2n) is 4.78. The van der Waals surface area contributed by atoms with Crippen LogP contribution in [0.5, 0.6) is 5.75 Å². The van der Waals surface area contributed by atoms with Gasteiger partial charge in [0.25, 0.3) is 5.91 Å². The lowest BCUT2D eigenvalue weighted by molar-refractivity contribution is -0.137. The number of carbonyl (C=O) groups is 1. The van der Waals surface area contributed by atoms with Crippen LogP contribution in [-0.4, -0.2) is 18.7 Å². The Labute approximate surface area is 145 Å². The standard InChI is InChI=1S/C16H11ClF4N2O2/c17-13-3-1-2-4-14(13)25-9-15(24)23-22-8-10-5-11(16(19,20)21)7-12(18)6-10/h1-8H,9H2,(H,23,24)/b22-8+. The van der Waals surface area contributed by atoms with Crippen molar-refractivity contribution in [2.24, 2.45) is 5.10 Å². The van der Waals surface area contributed by atoms with E-state index in [2.05, 4.69) is 10.5 Å². The number of halogens is 5. The summed E-state index contributed by atoms with van der Waals surface area (Å²) in [5.41, 5.74) is 0.754. The van der Waals surface area contributed by atoms with Gasteiger partial charge in [0.1, 0.15) is 11.6 Å². The third-order valence-corrected chi connectivity index (χ3v) is 3.16. The number of nitrogens with zero attached hydrogens (tertiary/aromatic N) is 1. The molecule has 25 heavy (non-hydrogen) atoms. The van der Waals surface area contributed by atoms with Crippen LogP contribution in [0.4, 0.5) is 17.6 Å².